The molecule has 8 nitrogen and oxygen atoms in total. The van der Waals surface area contributed by atoms with Gasteiger partial charge in [0, 0.05) is 25.0 Å². The molecular formula is C22H26ClN3O5S. The molecule has 1 fully saturated rings. The highest BCUT2D eigenvalue weighted by Crippen LogP contribution is 2.28. The van der Waals surface area contributed by atoms with Gasteiger partial charge < -0.3 is 14.4 Å². The third kappa shape index (κ3) is 5.33. The summed E-state index contributed by atoms with van der Waals surface area (Å²) in [5, 5.41) is 0.817. The first-order chi connectivity index (χ1) is 15.4. The molecule has 2 heterocycles. The van der Waals surface area contributed by atoms with Crippen LogP contribution < -0.4 is 5.56 Å². The van der Waals surface area contributed by atoms with E-state index in [1.165, 1.54) is 33.6 Å². The molecule has 0 aliphatic carbocycles. The minimum Gasteiger partial charge on any atom is -0.445 e. The lowest BCUT2D eigenvalue weighted by molar-refractivity contribution is -0.122. The minimum atomic E-state index is -0.506. The molecule has 2 atom stereocenters. The van der Waals surface area contributed by atoms with Crippen molar-refractivity contribution < 1.29 is 19.1 Å². The molecule has 1 saturated heterocycles. The van der Waals surface area contributed by atoms with Crippen molar-refractivity contribution in [2.24, 2.45) is 0 Å². The predicted octanol–water partition coefficient (Wildman–Crippen LogP) is 3.53. The first-order valence-electron chi connectivity index (χ1n) is 10.2. The third-order valence-electron chi connectivity index (χ3n) is 5.46. The predicted molar refractivity (Wildman–Crippen MR) is 124 cm³/mol. The molecule has 10 heteroatoms. The number of ether oxygens (including phenoxy) is 2. The van der Waals surface area contributed by atoms with Crippen LogP contribution in [0.1, 0.15) is 19.3 Å². The Labute approximate surface area is 195 Å². The van der Waals surface area contributed by atoms with E-state index in [4.69, 9.17) is 21.1 Å². The standard InChI is InChI=1S/C22H26ClN3O5S/c1-4-8-31-22(29)26-7-5-6-19(30-2)18(26)9-14(27)12-25-13-24-17-11-20(32-3)16(23)10-15(17)21(25)28/h4,10-11,13,18-19H,1,5-9,12H2,2-3H3/t18-,19+/m0/s1. The van der Waals surface area contributed by atoms with Gasteiger partial charge in [-0.1, -0.05) is 24.3 Å². The summed E-state index contributed by atoms with van der Waals surface area (Å²) in [6.07, 6.45) is 5.47. The zero-order valence-electron chi connectivity index (χ0n) is 18.1. The van der Waals surface area contributed by atoms with Gasteiger partial charge in [-0.3, -0.25) is 14.2 Å². The monoisotopic (exact) mass is 479 g/mol. The van der Waals surface area contributed by atoms with Crippen LogP contribution in [-0.2, 0) is 20.8 Å². The maximum absolute atomic E-state index is 12.9. The van der Waals surface area contributed by atoms with Crippen LogP contribution in [-0.4, -0.2) is 65.0 Å². The lowest BCUT2D eigenvalue weighted by Crippen LogP contribution is -2.53. The Hall–Kier alpha value is -2.36. The van der Waals surface area contributed by atoms with E-state index in [1.54, 1.807) is 19.2 Å². The van der Waals surface area contributed by atoms with Crippen LogP contribution >= 0.6 is 23.4 Å². The summed E-state index contributed by atoms with van der Waals surface area (Å²) in [4.78, 5) is 45.0. The number of carbonyl (C=O) groups is 2. The Balaban J connectivity index is 1.80. The normalized spacial score (nSPS) is 18.5. The van der Waals surface area contributed by atoms with Gasteiger partial charge in [0.1, 0.15) is 6.61 Å². The van der Waals surface area contributed by atoms with Crippen LogP contribution in [0.3, 0.4) is 0 Å². The molecule has 0 bridgehead atoms. The summed E-state index contributed by atoms with van der Waals surface area (Å²) in [7, 11) is 1.56. The highest BCUT2D eigenvalue weighted by atomic mass is 35.5. The van der Waals surface area contributed by atoms with Gasteiger partial charge in [-0.05, 0) is 31.2 Å². The molecule has 0 radical (unpaired) electrons. The number of amides is 1. The maximum atomic E-state index is 12.9. The highest BCUT2D eigenvalue weighted by molar-refractivity contribution is 7.98. The number of carbonyl (C=O) groups excluding carboxylic acids is 2. The minimum absolute atomic E-state index is 0.0400. The summed E-state index contributed by atoms with van der Waals surface area (Å²) in [5.41, 5.74) is 0.183. The largest absolute Gasteiger partial charge is 0.445 e. The molecule has 1 amide bonds. The first kappa shape index (κ1) is 24.3. The van der Waals surface area contributed by atoms with Crippen molar-refractivity contribution in [3.8, 4) is 0 Å². The van der Waals surface area contributed by atoms with Crippen molar-refractivity contribution in [2.75, 3.05) is 26.5 Å². The summed E-state index contributed by atoms with van der Waals surface area (Å²) in [6, 6.07) is 2.87. The number of rotatable bonds is 8. The van der Waals surface area contributed by atoms with E-state index in [1.807, 2.05) is 6.26 Å². The van der Waals surface area contributed by atoms with Crippen molar-refractivity contribution in [3.05, 3.63) is 46.5 Å². The summed E-state index contributed by atoms with van der Waals surface area (Å²) >= 11 is 7.71. The van der Waals surface area contributed by atoms with Crippen LogP contribution in [0.15, 0.2) is 40.8 Å². The van der Waals surface area contributed by atoms with Crippen molar-refractivity contribution in [1.82, 2.24) is 14.5 Å². The zero-order chi connectivity index (χ0) is 23.3. The van der Waals surface area contributed by atoms with Gasteiger partial charge in [-0.2, -0.15) is 0 Å². The Morgan fingerprint density at radius 1 is 1.41 bits per heavy atom. The molecule has 0 N–H and O–H groups in total. The molecule has 1 aliphatic rings. The number of methoxy groups -OCH3 is 1. The Bertz CT molecular complexity index is 1070. The molecule has 1 aliphatic heterocycles. The van der Waals surface area contributed by atoms with Gasteiger partial charge in [0.05, 0.1) is 40.9 Å². The van der Waals surface area contributed by atoms with Gasteiger partial charge >= 0.3 is 6.09 Å². The number of halogens is 1. The van der Waals surface area contributed by atoms with E-state index in [0.717, 1.165) is 17.7 Å². The number of ketones is 1. The molecule has 0 spiro atoms. The maximum Gasteiger partial charge on any atom is 0.410 e. The number of hydrogen-bond acceptors (Lipinski definition) is 7. The average Bonchev–Trinajstić information content (AvgIpc) is 2.79. The number of thioether (sulfide) groups is 1. The molecule has 0 saturated carbocycles. The number of hydrogen-bond donors (Lipinski definition) is 0. The Kier molecular flexibility index (Phi) is 8.33. The average molecular weight is 480 g/mol. The topological polar surface area (TPSA) is 90.7 Å². The number of piperidine rings is 1. The smallest absolute Gasteiger partial charge is 0.410 e. The molecule has 3 rings (SSSR count). The van der Waals surface area contributed by atoms with Crippen LogP contribution in [0.25, 0.3) is 10.9 Å². The molecular weight excluding hydrogens is 454 g/mol. The summed E-state index contributed by atoms with van der Waals surface area (Å²) in [5.74, 6) is -0.212. The molecule has 0 unspecified atom stereocenters. The fourth-order valence-electron chi connectivity index (χ4n) is 3.89. The van der Waals surface area contributed by atoms with Crippen LogP contribution in [0.4, 0.5) is 4.79 Å². The highest BCUT2D eigenvalue weighted by Gasteiger charge is 2.36. The Morgan fingerprint density at radius 2 is 2.19 bits per heavy atom. The van der Waals surface area contributed by atoms with E-state index >= 15 is 0 Å². The van der Waals surface area contributed by atoms with E-state index in [-0.39, 0.29) is 37.0 Å². The molecule has 1 aromatic heterocycles. The number of nitrogens with zero attached hydrogens (tertiary/aromatic N) is 3. The second kappa shape index (κ2) is 11.0. The molecule has 2 aromatic rings. The summed E-state index contributed by atoms with van der Waals surface area (Å²) in [6.45, 7) is 3.95. The van der Waals surface area contributed by atoms with Gasteiger partial charge in [0.15, 0.2) is 5.78 Å². The van der Waals surface area contributed by atoms with E-state index < -0.39 is 12.1 Å². The number of fused-ring (bicyclic) bond motifs is 1. The zero-order valence-corrected chi connectivity index (χ0v) is 19.7. The van der Waals surface area contributed by atoms with Crippen LogP contribution in [0.2, 0.25) is 5.02 Å². The van der Waals surface area contributed by atoms with Crippen molar-refractivity contribution in [1.29, 1.82) is 0 Å². The van der Waals surface area contributed by atoms with Crippen LogP contribution in [0.5, 0.6) is 0 Å². The third-order valence-corrected chi connectivity index (χ3v) is 6.66. The van der Waals surface area contributed by atoms with Crippen molar-refractivity contribution in [3.63, 3.8) is 0 Å². The summed E-state index contributed by atoms with van der Waals surface area (Å²) < 4.78 is 12.0. The van der Waals surface area contributed by atoms with E-state index in [2.05, 4.69) is 11.6 Å². The second-order valence-corrected chi connectivity index (χ2v) is 8.72. The number of Topliss-reactive ketones (excluding diaryl/α,β-unsaturated/α-hetero) is 1. The first-order valence-corrected chi connectivity index (χ1v) is 11.8. The number of likely N-dealkylation sites (tertiary alicyclic amines) is 1. The molecule has 1 aromatic carbocycles. The number of aromatic nitrogens is 2. The molecule has 32 heavy (non-hydrogen) atoms. The quantitative estimate of drug-likeness (QED) is 0.422. The lowest BCUT2D eigenvalue weighted by atomic mass is 9.94. The van der Waals surface area contributed by atoms with Crippen molar-refractivity contribution >= 4 is 46.1 Å². The van der Waals surface area contributed by atoms with Gasteiger partial charge in [-0.25, -0.2) is 9.78 Å². The molecule has 172 valence electrons. The lowest BCUT2D eigenvalue weighted by Gasteiger charge is -2.39. The fraction of sp³-hybridized carbons (Fsp3) is 0.455. The fourth-order valence-corrected chi connectivity index (χ4v) is 4.77. The second-order valence-electron chi connectivity index (χ2n) is 7.47. The van der Waals surface area contributed by atoms with Crippen molar-refractivity contribution in [2.45, 2.75) is 42.8 Å². The SMILES string of the molecule is C=CCOC(=O)N1CCC[C@@H](OC)[C@@H]1CC(=O)Cn1cnc2cc(SC)c(Cl)cc2c1=O. The van der Waals surface area contributed by atoms with E-state index in [9.17, 15) is 14.4 Å². The van der Waals surface area contributed by atoms with E-state index in [0.29, 0.717) is 22.5 Å². The Morgan fingerprint density at radius 3 is 2.88 bits per heavy atom. The van der Waals surface area contributed by atoms with Gasteiger partial charge in [0.2, 0.25) is 0 Å². The van der Waals surface area contributed by atoms with Gasteiger partial charge in [-0.15, -0.1) is 11.8 Å². The van der Waals surface area contributed by atoms with Crippen LogP contribution in [0, 0.1) is 0 Å². The van der Waals surface area contributed by atoms with Gasteiger partial charge in [0.25, 0.3) is 5.56 Å². The number of benzene rings is 1.